The monoisotopic (exact) mass is 854 g/mol. The highest BCUT2D eigenvalue weighted by molar-refractivity contribution is 9.11. The van der Waals surface area contributed by atoms with Gasteiger partial charge in [-0.25, -0.2) is 0 Å². The van der Waals surface area contributed by atoms with E-state index in [9.17, 15) is 24.0 Å². The second-order valence-corrected chi connectivity index (χ2v) is 17.6. The SMILES string of the molecule is CC(=O)c1ccsc1Br.O=C(/C=C/C(=O)c1ccsc1Br)c1ccsc1Br.O=C1c2ccsc2C2C(=O)c3ccsc3C12. The van der Waals surface area contributed by atoms with Crippen molar-refractivity contribution >= 4 is 133 Å². The van der Waals surface area contributed by atoms with E-state index in [1.165, 1.54) is 68.8 Å². The van der Waals surface area contributed by atoms with Crippen LogP contribution in [0.5, 0.6) is 0 Å². The van der Waals surface area contributed by atoms with Gasteiger partial charge >= 0.3 is 0 Å². The average molecular weight is 858 g/mol. The summed E-state index contributed by atoms with van der Waals surface area (Å²) in [6, 6.07) is 8.97. The quantitative estimate of drug-likeness (QED) is 0.130. The number of Topliss-reactive ketones (excluding diaryl/α,β-unsaturated/α-hetero) is 3. The lowest BCUT2D eigenvalue weighted by molar-refractivity contribution is 0.0914. The molecule has 0 N–H and O–H groups in total. The first kappa shape index (κ1) is 32.4. The minimum atomic E-state index is -0.204. The predicted octanol–water partition coefficient (Wildman–Crippen LogP) is 10.7. The topological polar surface area (TPSA) is 85.3 Å². The molecule has 2 aliphatic carbocycles. The Bertz CT molecular complexity index is 1790. The van der Waals surface area contributed by atoms with Crippen LogP contribution in [-0.4, -0.2) is 28.9 Å². The Morgan fingerprint density at radius 1 is 0.581 bits per heavy atom. The van der Waals surface area contributed by atoms with Gasteiger partial charge in [0.2, 0.25) is 0 Å². The average Bonchev–Trinajstić information content (AvgIpc) is 3.80. The van der Waals surface area contributed by atoms with Crippen LogP contribution < -0.4 is 0 Å². The van der Waals surface area contributed by atoms with Crippen LogP contribution in [-0.2, 0) is 0 Å². The molecule has 7 rings (SSSR count). The van der Waals surface area contributed by atoms with E-state index < -0.39 is 0 Å². The molecule has 2 aliphatic rings. The van der Waals surface area contributed by atoms with Crippen LogP contribution in [0.3, 0.4) is 0 Å². The van der Waals surface area contributed by atoms with Crippen LogP contribution in [0.1, 0.15) is 80.3 Å². The molecule has 43 heavy (non-hydrogen) atoms. The maximum absolute atomic E-state index is 12.2. The van der Waals surface area contributed by atoms with Gasteiger partial charge in [0.05, 0.1) is 23.2 Å². The second kappa shape index (κ2) is 14.0. The number of halogens is 3. The van der Waals surface area contributed by atoms with Gasteiger partial charge in [0, 0.05) is 37.6 Å². The number of allylic oxidation sites excluding steroid dienone is 2. The highest BCUT2D eigenvalue weighted by atomic mass is 79.9. The van der Waals surface area contributed by atoms with Gasteiger partial charge in [-0.05, 0) is 124 Å². The number of carbonyl (C=O) groups is 5. The van der Waals surface area contributed by atoms with E-state index >= 15 is 0 Å². The second-order valence-electron chi connectivity index (χ2n) is 9.02. The maximum Gasteiger partial charge on any atom is 0.187 e. The zero-order valence-corrected chi connectivity index (χ0v) is 30.6. The summed E-state index contributed by atoms with van der Waals surface area (Å²) in [5.74, 6) is -0.379. The van der Waals surface area contributed by atoms with Gasteiger partial charge < -0.3 is 0 Å². The largest absolute Gasteiger partial charge is 0.294 e. The van der Waals surface area contributed by atoms with Crippen molar-refractivity contribution < 1.29 is 24.0 Å². The van der Waals surface area contributed by atoms with Crippen LogP contribution in [0.15, 0.2) is 80.7 Å². The summed E-state index contributed by atoms with van der Waals surface area (Å²) in [5.41, 5.74) is 3.47. The summed E-state index contributed by atoms with van der Waals surface area (Å²) in [6.07, 6.45) is 2.61. The van der Waals surface area contributed by atoms with Crippen molar-refractivity contribution in [1.29, 1.82) is 0 Å². The summed E-state index contributed by atoms with van der Waals surface area (Å²) in [5, 5.41) is 9.34. The van der Waals surface area contributed by atoms with E-state index in [1.54, 1.807) is 19.1 Å². The van der Waals surface area contributed by atoms with Crippen LogP contribution in [0.25, 0.3) is 0 Å². The first-order chi connectivity index (χ1) is 20.6. The minimum absolute atomic E-state index is 0.114. The van der Waals surface area contributed by atoms with E-state index in [2.05, 4.69) is 47.8 Å². The molecule has 218 valence electrons. The number of hydrogen-bond acceptors (Lipinski definition) is 10. The molecule has 0 saturated heterocycles. The number of thiophene rings is 5. The third kappa shape index (κ3) is 6.69. The third-order valence-corrected chi connectivity index (χ3v) is 13.6. The summed E-state index contributed by atoms with van der Waals surface area (Å²) < 4.78 is 2.48. The molecule has 5 aromatic heterocycles. The highest BCUT2D eigenvalue weighted by Crippen LogP contribution is 2.54. The van der Waals surface area contributed by atoms with Crippen molar-refractivity contribution in [2.75, 3.05) is 0 Å². The molecule has 0 fully saturated rings. The lowest BCUT2D eigenvalue weighted by Crippen LogP contribution is -2.09. The maximum atomic E-state index is 12.2. The van der Waals surface area contributed by atoms with Gasteiger partial charge in [-0.3, -0.25) is 24.0 Å². The van der Waals surface area contributed by atoms with Crippen molar-refractivity contribution in [2.45, 2.75) is 18.8 Å². The summed E-state index contributed by atoms with van der Waals surface area (Å²) in [7, 11) is 0. The van der Waals surface area contributed by atoms with Gasteiger partial charge in [-0.1, -0.05) is 0 Å². The Labute approximate surface area is 291 Å². The third-order valence-electron chi connectivity index (χ3n) is 6.53. The fraction of sp³-hybridized carbons (Fsp3) is 0.100. The zero-order valence-electron chi connectivity index (χ0n) is 21.8. The van der Waals surface area contributed by atoms with Gasteiger partial charge in [-0.2, -0.15) is 0 Å². The van der Waals surface area contributed by atoms with Crippen molar-refractivity contribution in [1.82, 2.24) is 0 Å². The normalized spacial score (nSPS) is 16.2. The number of ketones is 5. The van der Waals surface area contributed by atoms with Gasteiger partial charge in [0.25, 0.3) is 0 Å². The summed E-state index contributed by atoms with van der Waals surface area (Å²) in [4.78, 5) is 60.7. The molecule has 0 amide bonds. The van der Waals surface area contributed by atoms with E-state index in [-0.39, 0.29) is 40.8 Å². The Morgan fingerprint density at radius 2 is 0.930 bits per heavy atom. The van der Waals surface area contributed by atoms with E-state index in [4.69, 9.17) is 0 Å². The van der Waals surface area contributed by atoms with E-state index in [0.717, 1.165) is 37.8 Å². The van der Waals surface area contributed by atoms with Gasteiger partial charge in [-0.15, -0.1) is 56.7 Å². The molecule has 0 aliphatic heterocycles. The molecule has 0 spiro atoms. The number of hydrogen-bond donors (Lipinski definition) is 0. The van der Waals surface area contributed by atoms with Gasteiger partial charge in [0.1, 0.15) is 0 Å². The number of carbonyl (C=O) groups excluding carboxylic acids is 5. The van der Waals surface area contributed by atoms with Crippen molar-refractivity contribution in [3.8, 4) is 0 Å². The molecule has 0 bridgehead atoms. The molecule has 0 radical (unpaired) electrons. The summed E-state index contributed by atoms with van der Waals surface area (Å²) in [6.45, 7) is 1.56. The van der Waals surface area contributed by atoms with Crippen LogP contribution in [0.4, 0.5) is 0 Å². The lowest BCUT2D eigenvalue weighted by Gasteiger charge is -2.05. The Kier molecular flexibility index (Phi) is 10.5. The van der Waals surface area contributed by atoms with Crippen LogP contribution in [0, 0.1) is 0 Å². The minimum Gasteiger partial charge on any atom is -0.294 e. The van der Waals surface area contributed by atoms with Crippen molar-refractivity contribution in [3.05, 3.63) is 118 Å². The molecular formula is C30H17Br3O5S5. The fourth-order valence-corrected chi connectivity index (χ4v) is 10.5. The Morgan fingerprint density at radius 3 is 1.23 bits per heavy atom. The molecular weight excluding hydrogens is 840 g/mol. The Balaban J connectivity index is 0.000000135. The lowest BCUT2D eigenvalue weighted by atomic mass is 9.98. The number of fused-ring (bicyclic) bond motifs is 5. The molecule has 2 unspecified atom stereocenters. The molecule has 5 aromatic rings. The van der Waals surface area contributed by atoms with Crippen LogP contribution in [0.2, 0.25) is 0 Å². The molecule has 5 nitrogen and oxygen atoms in total. The standard InChI is InChI=1S/C12H6Br2O2S2.C12H6O2S2.C6H5BrOS/c13-11-7(3-5-17-11)9(15)1-2-10(16)8-4-6-18-12(8)14;13-9-5-1-3-15-11(5)8-7(9)12-6(10(8)14)2-4-16-12;1-4(8)5-2-3-9-6(5)7/h1-6H;1-4,7-8H;2-3H,1H3/b2-1+;;. The van der Waals surface area contributed by atoms with Crippen molar-refractivity contribution in [2.24, 2.45) is 0 Å². The van der Waals surface area contributed by atoms with Gasteiger partial charge in [0.15, 0.2) is 28.9 Å². The predicted molar refractivity (Wildman–Crippen MR) is 187 cm³/mol. The molecule has 2 atom stereocenters. The smallest absolute Gasteiger partial charge is 0.187 e. The fourth-order valence-electron chi connectivity index (χ4n) is 4.53. The first-order valence-electron chi connectivity index (χ1n) is 12.3. The first-order valence-corrected chi connectivity index (χ1v) is 19.1. The van der Waals surface area contributed by atoms with E-state index in [0.29, 0.717) is 11.1 Å². The van der Waals surface area contributed by atoms with Crippen molar-refractivity contribution in [3.63, 3.8) is 0 Å². The molecule has 13 heteroatoms. The number of rotatable bonds is 5. The van der Waals surface area contributed by atoms with Crippen LogP contribution >= 0.6 is 104 Å². The molecule has 0 aromatic carbocycles. The van der Waals surface area contributed by atoms with E-state index in [1.807, 2.05) is 45.1 Å². The molecule has 5 heterocycles. The molecule has 0 saturated carbocycles. The Hall–Kier alpha value is -1.97. The highest BCUT2D eigenvalue weighted by Gasteiger charge is 2.52. The zero-order chi connectivity index (χ0) is 30.8. The summed E-state index contributed by atoms with van der Waals surface area (Å²) >= 11 is 17.3.